The number of anilines is 1. The van der Waals surface area contributed by atoms with E-state index in [4.69, 9.17) is 23.2 Å². The fraction of sp³-hybridized carbons (Fsp3) is 0. The first-order valence-electron chi connectivity index (χ1n) is 6.14. The quantitative estimate of drug-likeness (QED) is 0.505. The van der Waals surface area contributed by atoms with Gasteiger partial charge in [-0.15, -0.1) is 0 Å². The lowest BCUT2D eigenvalue weighted by Gasteiger charge is -2.04. The number of nitrogens with one attached hydrogen (secondary N) is 1. The zero-order chi connectivity index (χ0) is 16.1. The summed E-state index contributed by atoms with van der Waals surface area (Å²) in [5.74, 6) is -0.397. The highest BCUT2D eigenvalue weighted by atomic mass is 35.5. The van der Waals surface area contributed by atoms with Crippen molar-refractivity contribution >= 4 is 46.6 Å². The number of nitro groups is 1. The second-order valence-electron chi connectivity index (χ2n) is 4.30. The van der Waals surface area contributed by atoms with E-state index in [1.165, 1.54) is 24.3 Å². The molecule has 2 rings (SSSR count). The molecule has 2 aromatic carbocycles. The van der Waals surface area contributed by atoms with Crippen LogP contribution in [0.2, 0.25) is 10.0 Å². The molecule has 0 saturated heterocycles. The van der Waals surface area contributed by atoms with Crippen LogP contribution in [0.1, 0.15) is 5.56 Å². The minimum absolute atomic E-state index is 0.0995. The molecule has 5 nitrogen and oxygen atoms in total. The van der Waals surface area contributed by atoms with Gasteiger partial charge >= 0.3 is 0 Å². The van der Waals surface area contributed by atoms with Crippen LogP contribution in [0.5, 0.6) is 0 Å². The number of benzene rings is 2. The number of carbonyl (C=O) groups is 1. The van der Waals surface area contributed by atoms with Crippen molar-refractivity contribution in [2.45, 2.75) is 0 Å². The minimum atomic E-state index is -0.558. The summed E-state index contributed by atoms with van der Waals surface area (Å²) >= 11 is 11.7. The summed E-state index contributed by atoms with van der Waals surface area (Å²) in [5.41, 5.74) is 0.979. The van der Waals surface area contributed by atoms with Gasteiger partial charge in [0.1, 0.15) is 0 Å². The molecular formula is C15H10Cl2N2O3. The predicted molar refractivity (Wildman–Crippen MR) is 87.2 cm³/mol. The third kappa shape index (κ3) is 4.31. The Labute approximate surface area is 136 Å². The SMILES string of the molecule is O=C(C=Cc1ccc(Cl)cc1)Nc1ccc([N+](=O)[O-])cc1Cl. The molecule has 2 aromatic rings. The van der Waals surface area contributed by atoms with Crippen molar-refractivity contribution in [3.8, 4) is 0 Å². The van der Waals surface area contributed by atoms with Gasteiger partial charge in [0.15, 0.2) is 0 Å². The Kier molecular flexibility index (Phi) is 5.14. The van der Waals surface area contributed by atoms with Gasteiger partial charge in [-0.3, -0.25) is 14.9 Å². The maximum Gasteiger partial charge on any atom is 0.271 e. The second-order valence-corrected chi connectivity index (χ2v) is 5.14. The molecule has 0 saturated carbocycles. The highest BCUT2D eigenvalue weighted by Gasteiger charge is 2.10. The van der Waals surface area contributed by atoms with Crippen LogP contribution in [-0.4, -0.2) is 10.8 Å². The minimum Gasteiger partial charge on any atom is -0.321 e. The lowest BCUT2D eigenvalue weighted by molar-refractivity contribution is -0.384. The monoisotopic (exact) mass is 336 g/mol. The van der Waals surface area contributed by atoms with Crippen LogP contribution >= 0.6 is 23.2 Å². The molecule has 1 amide bonds. The molecule has 0 unspecified atom stereocenters. The summed E-state index contributed by atoms with van der Waals surface area (Å²) in [6.45, 7) is 0. The molecule has 0 bridgehead atoms. The molecule has 0 aliphatic carbocycles. The van der Waals surface area contributed by atoms with Crippen LogP contribution in [0, 0.1) is 10.1 Å². The fourth-order valence-corrected chi connectivity index (χ4v) is 1.99. The van der Waals surface area contributed by atoms with Crippen molar-refractivity contribution in [1.29, 1.82) is 0 Å². The molecule has 112 valence electrons. The van der Waals surface area contributed by atoms with E-state index in [1.54, 1.807) is 30.3 Å². The molecule has 1 N–H and O–H groups in total. The normalized spacial score (nSPS) is 10.6. The Bertz CT molecular complexity index is 743. The predicted octanol–water partition coefficient (Wildman–Crippen LogP) is 4.55. The third-order valence-corrected chi connectivity index (χ3v) is 3.28. The number of non-ortho nitro benzene ring substituents is 1. The Morgan fingerprint density at radius 3 is 2.41 bits per heavy atom. The molecule has 0 spiro atoms. The Hall–Kier alpha value is -2.37. The van der Waals surface area contributed by atoms with Crippen molar-refractivity contribution in [2.75, 3.05) is 5.32 Å². The number of amides is 1. The zero-order valence-corrected chi connectivity index (χ0v) is 12.6. The number of hydrogen-bond acceptors (Lipinski definition) is 3. The number of hydrogen-bond donors (Lipinski definition) is 1. The molecule has 0 atom stereocenters. The molecular weight excluding hydrogens is 327 g/mol. The van der Waals surface area contributed by atoms with Crippen molar-refractivity contribution in [1.82, 2.24) is 0 Å². The van der Waals surface area contributed by atoms with Crippen LogP contribution in [-0.2, 0) is 4.79 Å². The molecule has 22 heavy (non-hydrogen) atoms. The standard InChI is InChI=1S/C15H10Cl2N2O3/c16-11-4-1-10(2-5-11)3-8-15(20)18-14-7-6-12(19(21)22)9-13(14)17/h1-9H,(H,18,20). The van der Waals surface area contributed by atoms with Gasteiger partial charge in [-0.1, -0.05) is 35.3 Å². The topological polar surface area (TPSA) is 72.2 Å². The maximum absolute atomic E-state index is 11.8. The summed E-state index contributed by atoms with van der Waals surface area (Å²) in [5, 5.41) is 13.9. The molecule has 0 aliphatic rings. The largest absolute Gasteiger partial charge is 0.321 e. The number of nitrogens with zero attached hydrogens (tertiary/aromatic N) is 1. The molecule has 0 heterocycles. The summed E-state index contributed by atoms with van der Waals surface area (Å²) in [6, 6.07) is 10.8. The van der Waals surface area contributed by atoms with E-state index in [0.717, 1.165) is 5.56 Å². The van der Waals surface area contributed by atoms with E-state index < -0.39 is 10.8 Å². The molecule has 0 radical (unpaired) electrons. The van der Waals surface area contributed by atoms with Crippen molar-refractivity contribution in [3.63, 3.8) is 0 Å². The van der Waals surface area contributed by atoms with Crippen LogP contribution in [0.15, 0.2) is 48.5 Å². The first-order valence-corrected chi connectivity index (χ1v) is 6.90. The van der Waals surface area contributed by atoms with Gasteiger partial charge in [0.25, 0.3) is 5.69 Å². The summed E-state index contributed by atoms with van der Waals surface area (Å²) in [6.07, 6.45) is 2.95. The number of carbonyl (C=O) groups excluding carboxylic acids is 1. The van der Waals surface area contributed by atoms with E-state index in [1.807, 2.05) is 0 Å². The summed E-state index contributed by atoms with van der Waals surface area (Å²) in [7, 11) is 0. The lowest BCUT2D eigenvalue weighted by atomic mass is 10.2. The molecule has 0 fully saturated rings. The number of nitro benzene ring substituents is 1. The van der Waals surface area contributed by atoms with Crippen molar-refractivity contribution < 1.29 is 9.72 Å². The van der Waals surface area contributed by atoms with Crippen molar-refractivity contribution in [2.24, 2.45) is 0 Å². The van der Waals surface area contributed by atoms with E-state index >= 15 is 0 Å². The van der Waals surface area contributed by atoms with Gasteiger partial charge in [-0.25, -0.2) is 0 Å². The number of rotatable bonds is 4. The molecule has 7 heteroatoms. The molecule has 0 aromatic heterocycles. The molecule has 0 aliphatic heterocycles. The summed E-state index contributed by atoms with van der Waals surface area (Å²) in [4.78, 5) is 21.9. The summed E-state index contributed by atoms with van der Waals surface area (Å²) < 4.78 is 0. The van der Waals surface area contributed by atoms with E-state index in [2.05, 4.69) is 5.32 Å². The van der Waals surface area contributed by atoms with Crippen LogP contribution in [0.3, 0.4) is 0 Å². The Morgan fingerprint density at radius 1 is 1.14 bits per heavy atom. The smallest absolute Gasteiger partial charge is 0.271 e. The van der Waals surface area contributed by atoms with Gasteiger partial charge in [0, 0.05) is 23.2 Å². The van der Waals surface area contributed by atoms with Gasteiger partial charge in [0.2, 0.25) is 5.91 Å². The first-order chi connectivity index (χ1) is 10.5. The maximum atomic E-state index is 11.8. The van der Waals surface area contributed by atoms with Crippen LogP contribution < -0.4 is 5.32 Å². The van der Waals surface area contributed by atoms with Crippen LogP contribution in [0.25, 0.3) is 6.08 Å². The average molecular weight is 337 g/mol. The van der Waals surface area contributed by atoms with Gasteiger partial charge in [0.05, 0.1) is 15.6 Å². The van der Waals surface area contributed by atoms with E-state index in [0.29, 0.717) is 10.7 Å². The fourth-order valence-electron chi connectivity index (χ4n) is 1.64. The Balaban J connectivity index is 2.05. The highest BCUT2D eigenvalue weighted by Crippen LogP contribution is 2.26. The van der Waals surface area contributed by atoms with Gasteiger partial charge < -0.3 is 5.32 Å². The third-order valence-electron chi connectivity index (χ3n) is 2.72. The highest BCUT2D eigenvalue weighted by molar-refractivity contribution is 6.34. The van der Waals surface area contributed by atoms with E-state index in [-0.39, 0.29) is 10.7 Å². The lowest BCUT2D eigenvalue weighted by Crippen LogP contribution is -2.08. The van der Waals surface area contributed by atoms with Gasteiger partial charge in [-0.2, -0.15) is 0 Å². The van der Waals surface area contributed by atoms with Gasteiger partial charge in [-0.05, 0) is 29.8 Å². The average Bonchev–Trinajstić information content (AvgIpc) is 2.48. The van der Waals surface area contributed by atoms with Crippen LogP contribution in [0.4, 0.5) is 11.4 Å². The first kappa shape index (κ1) is 16.0. The van der Waals surface area contributed by atoms with E-state index in [9.17, 15) is 14.9 Å². The second kappa shape index (κ2) is 7.06. The Morgan fingerprint density at radius 2 is 1.82 bits per heavy atom. The zero-order valence-electron chi connectivity index (χ0n) is 11.1. The number of halogens is 2. The van der Waals surface area contributed by atoms with Crippen molar-refractivity contribution in [3.05, 3.63) is 74.3 Å².